The van der Waals surface area contributed by atoms with Gasteiger partial charge in [0.05, 0.1) is 12.2 Å². The lowest BCUT2D eigenvalue weighted by Gasteiger charge is -2.26. The number of thiazole rings is 1. The van der Waals surface area contributed by atoms with E-state index in [1.54, 1.807) is 4.90 Å². The number of nitrogens with one attached hydrogen (secondary N) is 3. The van der Waals surface area contributed by atoms with E-state index in [-0.39, 0.29) is 18.1 Å². The van der Waals surface area contributed by atoms with Crippen LogP contribution in [0.5, 0.6) is 0 Å². The van der Waals surface area contributed by atoms with E-state index in [4.69, 9.17) is 0 Å². The third-order valence-electron chi connectivity index (χ3n) is 5.32. The fraction of sp³-hybridized carbons (Fsp3) is 0.450. The number of hydrogen-bond donors (Lipinski definition) is 3. The van der Waals surface area contributed by atoms with Gasteiger partial charge in [-0.3, -0.25) is 5.32 Å². The van der Waals surface area contributed by atoms with Gasteiger partial charge in [0, 0.05) is 29.6 Å². The highest BCUT2D eigenvalue weighted by atomic mass is 32.1. The molecule has 0 bridgehead atoms. The highest BCUT2D eigenvalue weighted by molar-refractivity contribution is 7.15. The first-order valence-electron chi connectivity index (χ1n) is 9.76. The summed E-state index contributed by atoms with van der Waals surface area (Å²) in [7, 11) is 0. The molecule has 0 saturated heterocycles. The van der Waals surface area contributed by atoms with Crippen LogP contribution in [-0.2, 0) is 13.0 Å². The van der Waals surface area contributed by atoms with E-state index in [0.717, 1.165) is 34.7 Å². The van der Waals surface area contributed by atoms with Gasteiger partial charge in [-0.1, -0.05) is 42.4 Å². The number of carbonyl (C=O) groups excluding carboxylic acids is 2. The highest BCUT2D eigenvalue weighted by Crippen LogP contribution is 2.29. The Kier molecular flexibility index (Phi) is 5.47. The second-order valence-corrected chi connectivity index (χ2v) is 8.47. The third kappa shape index (κ3) is 4.27. The van der Waals surface area contributed by atoms with Crippen molar-refractivity contribution in [3.05, 3.63) is 40.4 Å². The number of anilines is 2. The molecule has 7 nitrogen and oxygen atoms in total. The third-order valence-corrected chi connectivity index (χ3v) is 6.31. The zero-order valence-corrected chi connectivity index (χ0v) is 16.8. The topological polar surface area (TPSA) is 86.4 Å². The van der Waals surface area contributed by atoms with Crippen LogP contribution in [0.4, 0.5) is 20.4 Å². The lowest BCUT2D eigenvalue weighted by molar-refractivity contribution is 0.207. The first kappa shape index (κ1) is 18.7. The zero-order chi connectivity index (χ0) is 19.5. The van der Waals surface area contributed by atoms with Gasteiger partial charge in [-0.15, -0.1) is 0 Å². The van der Waals surface area contributed by atoms with Crippen molar-refractivity contribution in [3.63, 3.8) is 0 Å². The smallest absolute Gasteiger partial charge is 0.322 e. The van der Waals surface area contributed by atoms with E-state index >= 15 is 0 Å². The lowest BCUT2D eigenvalue weighted by Crippen LogP contribution is -2.38. The number of urea groups is 2. The average Bonchev–Trinajstić information content (AvgIpc) is 3.31. The minimum Gasteiger partial charge on any atom is -0.335 e. The van der Waals surface area contributed by atoms with E-state index in [9.17, 15) is 9.59 Å². The summed E-state index contributed by atoms with van der Waals surface area (Å²) in [5, 5.41) is 9.45. The minimum atomic E-state index is -0.188. The Morgan fingerprint density at radius 3 is 2.75 bits per heavy atom. The molecule has 1 aromatic carbocycles. The Labute approximate surface area is 168 Å². The molecule has 1 aliphatic heterocycles. The molecule has 3 N–H and O–H groups in total. The maximum Gasteiger partial charge on any atom is 0.322 e. The van der Waals surface area contributed by atoms with Crippen molar-refractivity contribution in [3.8, 4) is 0 Å². The molecule has 2 heterocycles. The van der Waals surface area contributed by atoms with E-state index in [1.807, 2.05) is 31.2 Å². The summed E-state index contributed by atoms with van der Waals surface area (Å²) in [5.41, 5.74) is 2.83. The predicted molar refractivity (Wildman–Crippen MR) is 111 cm³/mol. The van der Waals surface area contributed by atoms with Gasteiger partial charge in [0.25, 0.3) is 0 Å². The zero-order valence-electron chi connectivity index (χ0n) is 16.0. The first-order valence-corrected chi connectivity index (χ1v) is 10.6. The van der Waals surface area contributed by atoms with Gasteiger partial charge in [-0.25, -0.2) is 14.6 Å². The van der Waals surface area contributed by atoms with Crippen LogP contribution in [0.15, 0.2) is 24.3 Å². The van der Waals surface area contributed by atoms with Crippen molar-refractivity contribution in [2.24, 2.45) is 0 Å². The van der Waals surface area contributed by atoms with Crippen LogP contribution in [0.1, 0.15) is 41.8 Å². The van der Waals surface area contributed by atoms with E-state index in [2.05, 4.69) is 20.9 Å². The largest absolute Gasteiger partial charge is 0.335 e. The number of rotatable bonds is 3. The average molecular weight is 400 g/mol. The Hall–Kier alpha value is -2.61. The number of aromatic nitrogens is 1. The molecule has 4 amide bonds. The van der Waals surface area contributed by atoms with Gasteiger partial charge >= 0.3 is 12.1 Å². The maximum atomic E-state index is 12.6. The van der Waals surface area contributed by atoms with Crippen molar-refractivity contribution < 1.29 is 9.59 Å². The molecule has 148 valence electrons. The summed E-state index contributed by atoms with van der Waals surface area (Å²) < 4.78 is 0. The number of para-hydroxylation sites is 1. The number of fused-ring (bicyclic) bond motifs is 1. The van der Waals surface area contributed by atoms with Crippen LogP contribution in [0, 0.1) is 6.92 Å². The van der Waals surface area contributed by atoms with Crippen molar-refractivity contribution in [1.82, 2.24) is 15.2 Å². The lowest BCUT2D eigenvalue weighted by atomic mass is 10.2. The fourth-order valence-corrected chi connectivity index (χ4v) is 4.74. The standard InChI is InChI=1S/C20H25N5O2S/c1-13-6-2-5-9-15(13)23-20(27)25-11-10-16-17(12-25)28-19(22-16)24-18(26)21-14-7-3-4-8-14/h2,5-6,9,14H,3-4,7-8,10-12H2,1H3,(H,23,27)(H2,21,22,24,26). The minimum absolute atomic E-state index is 0.109. The normalized spacial score (nSPS) is 16.5. The second-order valence-electron chi connectivity index (χ2n) is 7.39. The van der Waals surface area contributed by atoms with Crippen molar-refractivity contribution in [1.29, 1.82) is 0 Å². The van der Waals surface area contributed by atoms with E-state index in [1.165, 1.54) is 24.2 Å². The molecule has 8 heteroatoms. The molecule has 2 aliphatic rings. The molecule has 28 heavy (non-hydrogen) atoms. The maximum absolute atomic E-state index is 12.6. The van der Waals surface area contributed by atoms with E-state index < -0.39 is 0 Å². The van der Waals surface area contributed by atoms with Crippen LogP contribution in [0.3, 0.4) is 0 Å². The molecule has 1 fully saturated rings. The SMILES string of the molecule is Cc1ccccc1NC(=O)N1CCc2nc(NC(=O)NC3CCCC3)sc2C1. The molecule has 1 aliphatic carbocycles. The molecule has 0 radical (unpaired) electrons. The van der Waals surface area contributed by atoms with Crippen LogP contribution in [0.25, 0.3) is 0 Å². The Bertz CT molecular complexity index is 875. The number of benzene rings is 1. The van der Waals surface area contributed by atoms with Gasteiger partial charge in [-0.2, -0.15) is 0 Å². The fourth-order valence-electron chi connectivity index (χ4n) is 3.72. The summed E-state index contributed by atoms with van der Waals surface area (Å²) in [6, 6.07) is 7.72. The molecule has 1 saturated carbocycles. The number of aryl methyl sites for hydroxylation is 1. The van der Waals surface area contributed by atoms with Crippen molar-refractivity contribution in [2.75, 3.05) is 17.2 Å². The van der Waals surface area contributed by atoms with Gasteiger partial charge in [0.15, 0.2) is 5.13 Å². The summed E-state index contributed by atoms with van der Waals surface area (Å²) >= 11 is 1.45. The van der Waals surface area contributed by atoms with Crippen molar-refractivity contribution in [2.45, 2.75) is 51.6 Å². The molecule has 0 atom stereocenters. The van der Waals surface area contributed by atoms with Gasteiger partial charge in [0.2, 0.25) is 0 Å². The summed E-state index contributed by atoms with van der Waals surface area (Å²) in [4.78, 5) is 32.1. The summed E-state index contributed by atoms with van der Waals surface area (Å²) in [6.45, 7) is 3.10. The summed E-state index contributed by atoms with van der Waals surface area (Å²) in [5.74, 6) is 0. The highest BCUT2D eigenvalue weighted by Gasteiger charge is 2.25. The van der Waals surface area contributed by atoms with Crippen LogP contribution >= 0.6 is 11.3 Å². The Morgan fingerprint density at radius 2 is 1.96 bits per heavy atom. The van der Waals surface area contributed by atoms with Crippen LogP contribution in [-0.4, -0.2) is 34.5 Å². The van der Waals surface area contributed by atoms with Gasteiger partial charge < -0.3 is 15.5 Å². The molecule has 1 aromatic heterocycles. The van der Waals surface area contributed by atoms with Gasteiger partial charge in [0.1, 0.15) is 0 Å². The first-order chi connectivity index (χ1) is 13.6. The molecular weight excluding hydrogens is 374 g/mol. The Morgan fingerprint density at radius 1 is 1.18 bits per heavy atom. The molecule has 0 spiro atoms. The number of hydrogen-bond acceptors (Lipinski definition) is 4. The quantitative estimate of drug-likeness (QED) is 0.726. The van der Waals surface area contributed by atoms with E-state index in [0.29, 0.717) is 24.6 Å². The number of nitrogens with zero attached hydrogens (tertiary/aromatic N) is 2. The predicted octanol–water partition coefficient (Wildman–Crippen LogP) is 4.11. The molecule has 2 aromatic rings. The Balaban J connectivity index is 1.35. The van der Waals surface area contributed by atoms with Crippen molar-refractivity contribution >= 4 is 34.2 Å². The molecule has 0 unspecified atom stereocenters. The number of carbonyl (C=O) groups is 2. The second kappa shape index (κ2) is 8.18. The number of amides is 4. The van der Waals surface area contributed by atoms with Gasteiger partial charge in [-0.05, 0) is 31.4 Å². The van der Waals surface area contributed by atoms with Crippen LogP contribution in [0.2, 0.25) is 0 Å². The summed E-state index contributed by atoms with van der Waals surface area (Å²) in [6.07, 6.45) is 5.15. The molecule has 4 rings (SSSR count). The monoisotopic (exact) mass is 399 g/mol. The van der Waals surface area contributed by atoms with Crippen LogP contribution < -0.4 is 16.0 Å². The molecular formula is C20H25N5O2S.